The number of alkyl halides is 3. The first-order valence-corrected chi connectivity index (χ1v) is 14.7. The van der Waals surface area contributed by atoms with Crippen molar-refractivity contribution >= 4 is 33.4 Å². The molecule has 6 rings (SSSR count). The van der Waals surface area contributed by atoms with Crippen molar-refractivity contribution in [1.82, 2.24) is 14.9 Å². The highest BCUT2D eigenvalue weighted by molar-refractivity contribution is 7.89. The number of carbonyl (C=O) groups is 1. The number of nitrogens with one attached hydrogen (secondary N) is 2. The molecule has 2 aromatic rings. The quantitative estimate of drug-likeness (QED) is 0.372. The number of carbonyl (C=O) groups excluding carboxylic acids is 1. The Bertz CT molecular complexity index is 1480. The zero-order valence-corrected chi connectivity index (χ0v) is 23.7. The van der Waals surface area contributed by atoms with E-state index in [1.165, 1.54) is 28.6 Å². The topological polar surface area (TPSA) is 111 Å². The van der Waals surface area contributed by atoms with E-state index >= 15 is 0 Å². The molecule has 8 nitrogen and oxygen atoms in total. The number of rotatable bonds is 9. The number of halogens is 5. The van der Waals surface area contributed by atoms with Gasteiger partial charge in [0, 0.05) is 17.5 Å². The summed E-state index contributed by atoms with van der Waals surface area (Å²) >= 11 is 5.82. The number of amides is 1. The average molecular weight is 617 g/mol. The van der Waals surface area contributed by atoms with Crippen LogP contribution in [0.2, 0.25) is 5.02 Å². The zero-order chi connectivity index (χ0) is 30.0. The molecule has 41 heavy (non-hydrogen) atoms. The van der Waals surface area contributed by atoms with Crippen molar-refractivity contribution in [2.45, 2.75) is 74.0 Å². The van der Waals surface area contributed by atoms with Crippen LogP contribution in [0.3, 0.4) is 0 Å². The molecule has 4 aliphatic rings. The number of hydrogen-bond donors (Lipinski definition) is 3. The smallest absolute Gasteiger partial charge is 0.382 e. The largest absolute Gasteiger partial charge is 0.416 e. The summed E-state index contributed by atoms with van der Waals surface area (Å²) in [5.74, 6) is -0.902. The molecule has 222 valence electrons. The Hall–Kier alpha value is -2.74. The second-order valence-corrected chi connectivity index (χ2v) is 13.9. The second kappa shape index (κ2) is 9.92. The summed E-state index contributed by atoms with van der Waals surface area (Å²) in [6, 6.07) is 11.1. The number of nitrogens with zero attached hydrogens (tertiary/aromatic N) is 2. The number of hydrogen-bond acceptors (Lipinski definition) is 6. The van der Waals surface area contributed by atoms with Crippen LogP contribution in [-0.4, -0.2) is 65.5 Å². The molecule has 0 spiro atoms. The predicted molar refractivity (Wildman–Crippen MR) is 143 cm³/mol. The zero-order valence-electron chi connectivity index (χ0n) is 22.2. The van der Waals surface area contributed by atoms with E-state index in [4.69, 9.17) is 11.6 Å². The highest BCUT2D eigenvalue weighted by atomic mass is 35.5. The lowest BCUT2D eigenvalue weighted by molar-refractivity contribution is -0.201. The number of benzene rings is 2. The van der Waals surface area contributed by atoms with Gasteiger partial charge in [-0.2, -0.15) is 17.5 Å². The van der Waals surface area contributed by atoms with E-state index in [1.807, 2.05) is 0 Å². The molecule has 3 saturated carbocycles. The number of aliphatic hydroxyl groups is 1. The van der Waals surface area contributed by atoms with E-state index in [9.17, 15) is 35.9 Å². The molecule has 1 amide bonds. The van der Waals surface area contributed by atoms with Gasteiger partial charge in [0.2, 0.25) is 15.9 Å². The third-order valence-electron chi connectivity index (χ3n) is 8.17. The van der Waals surface area contributed by atoms with Crippen molar-refractivity contribution in [1.29, 1.82) is 0 Å². The fourth-order valence-corrected chi connectivity index (χ4v) is 7.95. The van der Waals surface area contributed by atoms with Gasteiger partial charge >= 0.3 is 6.18 Å². The summed E-state index contributed by atoms with van der Waals surface area (Å²) in [4.78, 5) is 17.5. The molecule has 3 N–H and O–H groups in total. The highest BCUT2D eigenvalue weighted by Gasteiger charge is 2.75. The average Bonchev–Trinajstić information content (AvgIpc) is 3.17. The molecule has 14 heteroatoms. The molecule has 2 aromatic carbocycles. The molecular formula is C27H29ClF4N4O4S. The Morgan fingerprint density at radius 3 is 2.41 bits per heavy atom. The minimum Gasteiger partial charge on any atom is -0.382 e. The SMILES string of the molecule is CC1(C)N=C(C23CC(N(Cc4ccc(Cl)c(F)c4)S(=O)(=O)c4ccccc4)(C2)C3)N[C@H]1C(=O)NCC(O)C(F)(F)F. The van der Waals surface area contributed by atoms with E-state index < -0.39 is 63.1 Å². The standard InChI is InChI=1S/C27H29ClF4N4O4S/c1-24(2)21(22(38)33-11-20(37)27(30,31)32)34-23(35-24)25-13-26(14-25,15-25)36(12-16-8-9-18(28)19(29)10-16)41(39,40)17-6-4-3-5-7-17/h3-10,20-21,37H,11-15H2,1-2H3,(H,33,38)(H,34,35)/t20?,21-,25?,26?/m0/s1. The van der Waals surface area contributed by atoms with E-state index in [-0.39, 0.29) is 16.5 Å². The van der Waals surface area contributed by atoms with Crippen LogP contribution in [0.5, 0.6) is 0 Å². The summed E-state index contributed by atoms with van der Waals surface area (Å²) in [6.45, 7) is 2.26. The first-order valence-electron chi connectivity index (χ1n) is 12.9. The number of sulfonamides is 1. The Labute approximate surface area is 239 Å². The maximum absolute atomic E-state index is 14.2. The van der Waals surface area contributed by atoms with Gasteiger partial charge in [0.25, 0.3) is 0 Å². The molecule has 1 heterocycles. The normalized spacial score (nSPS) is 27.3. The maximum Gasteiger partial charge on any atom is 0.416 e. The third kappa shape index (κ3) is 5.21. The molecule has 2 atom stereocenters. The molecule has 1 unspecified atom stereocenters. The van der Waals surface area contributed by atoms with E-state index in [1.54, 1.807) is 38.1 Å². The number of aliphatic hydroxyl groups excluding tert-OH is 1. The van der Waals surface area contributed by atoms with Crippen molar-refractivity contribution in [3.8, 4) is 0 Å². The summed E-state index contributed by atoms with van der Waals surface area (Å²) in [5, 5.41) is 14.4. The highest BCUT2D eigenvalue weighted by Crippen LogP contribution is 2.71. The fourth-order valence-electron chi connectivity index (χ4n) is 6.05. The van der Waals surface area contributed by atoms with Crippen LogP contribution in [0.25, 0.3) is 0 Å². The molecule has 3 aliphatic carbocycles. The first-order chi connectivity index (χ1) is 19.0. The van der Waals surface area contributed by atoms with Gasteiger partial charge in [-0.15, -0.1) is 0 Å². The lowest BCUT2D eigenvalue weighted by atomic mass is 9.38. The molecular weight excluding hydrogens is 588 g/mol. The van der Waals surface area contributed by atoms with Gasteiger partial charge in [0.05, 0.1) is 22.0 Å². The van der Waals surface area contributed by atoms with Crippen molar-refractivity contribution in [2.75, 3.05) is 6.54 Å². The Morgan fingerprint density at radius 1 is 1.20 bits per heavy atom. The lowest BCUT2D eigenvalue weighted by Crippen LogP contribution is -2.78. The van der Waals surface area contributed by atoms with Crippen LogP contribution >= 0.6 is 11.6 Å². The predicted octanol–water partition coefficient (Wildman–Crippen LogP) is 3.78. The molecule has 0 radical (unpaired) electrons. The van der Waals surface area contributed by atoms with Crippen molar-refractivity contribution in [2.24, 2.45) is 10.4 Å². The second-order valence-electron chi connectivity index (χ2n) is 11.6. The third-order valence-corrected chi connectivity index (χ3v) is 10.4. The van der Waals surface area contributed by atoms with Gasteiger partial charge in [-0.05, 0) is 62.9 Å². The van der Waals surface area contributed by atoms with E-state index in [0.717, 1.165) is 0 Å². The number of amidine groups is 1. The van der Waals surface area contributed by atoms with Crippen LogP contribution in [0, 0.1) is 11.2 Å². The van der Waals surface area contributed by atoms with Gasteiger partial charge in [0.1, 0.15) is 17.7 Å². The summed E-state index contributed by atoms with van der Waals surface area (Å²) in [5.41, 5.74) is -1.87. The fraction of sp³-hybridized carbons (Fsp3) is 0.481. The van der Waals surface area contributed by atoms with E-state index in [0.29, 0.717) is 30.7 Å². The van der Waals surface area contributed by atoms with Gasteiger partial charge in [-0.3, -0.25) is 9.79 Å². The molecule has 0 saturated heterocycles. The van der Waals surface area contributed by atoms with Gasteiger partial charge < -0.3 is 15.7 Å². The van der Waals surface area contributed by atoms with Crippen molar-refractivity contribution < 1.29 is 35.9 Å². The van der Waals surface area contributed by atoms with Crippen LogP contribution in [0.1, 0.15) is 38.7 Å². The van der Waals surface area contributed by atoms with Gasteiger partial charge in [-0.25, -0.2) is 12.8 Å². The molecule has 3 fully saturated rings. The van der Waals surface area contributed by atoms with E-state index in [2.05, 4.69) is 15.6 Å². The summed E-state index contributed by atoms with van der Waals surface area (Å²) in [7, 11) is -3.99. The Balaban J connectivity index is 1.34. The van der Waals surface area contributed by atoms with Crippen LogP contribution in [-0.2, 0) is 21.4 Å². The molecule has 1 aliphatic heterocycles. The minimum absolute atomic E-state index is 0.0740. The lowest BCUT2D eigenvalue weighted by Gasteiger charge is -2.72. The monoisotopic (exact) mass is 616 g/mol. The first kappa shape index (κ1) is 29.7. The Morgan fingerprint density at radius 2 is 1.83 bits per heavy atom. The van der Waals surface area contributed by atoms with Crippen LogP contribution in [0.4, 0.5) is 17.6 Å². The van der Waals surface area contributed by atoms with Gasteiger partial charge in [-0.1, -0.05) is 35.9 Å². The van der Waals surface area contributed by atoms with Crippen LogP contribution in [0.15, 0.2) is 58.4 Å². The maximum atomic E-state index is 14.2. The Kier molecular flexibility index (Phi) is 7.20. The number of aliphatic imine (C=N–C) groups is 1. The minimum atomic E-state index is -4.86. The van der Waals surface area contributed by atoms with Crippen molar-refractivity contribution in [3.05, 3.63) is 64.9 Å². The van der Waals surface area contributed by atoms with Crippen molar-refractivity contribution in [3.63, 3.8) is 0 Å². The molecule has 2 bridgehead atoms. The molecule has 0 aromatic heterocycles. The summed E-state index contributed by atoms with van der Waals surface area (Å²) < 4.78 is 81.3. The summed E-state index contributed by atoms with van der Waals surface area (Å²) in [6.07, 6.45) is -6.38. The van der Waals surface area contributed by atoms with Crippen LogP contribution < -0.4 is 10.6 Å². The van der Waals surface area contributed by atoms with Gasteiger partial charge in [0.15, 0.2) is 6.10 Å².